The van der Waals surface area contributed by atoms with Crippen LogP contribution in [-0.2, 0) is 4.79 Å². The van der Waals surface area contributed by atoms with Crippen molar-refractivity contribution < 1.29 is 18.4 Å². The first-order chi connectivity index (χ1) is 12.4. The molecule has 4 N–H and O–H groups in total. The van der Waals surface area contributed by atoms with Crippen molar-refractivity contribution in [3.8, 4) is 0 Å². The molecule has 1 aromatic carbocycles. The van der Waals surface area contributed by atoms with E-state index in [1.165, 1.54) is 30.5 Å². The van der Waals surface area contributed by atoms with Gasteiger partial charge in [-0.15, -0.1) is 12.4 Å². The number of hydrogen-bond acceptors (Lipinski definition) is 4. The van der Waals surface area contributed by atoms with E-state index >= 15 is 0 Å². The predicted octanol–water partition coefficient (Wildman–Crippen LogP) is 3.86. The zero-order valence-corrected chi connectivity index (χ0v) is 15.8. The number of aryl methyl sites for hydroxylation is 1. The van der Waals surface area contributed by atoms with E-state index in [2.05, 4.69) is 10.6 Å². The molecule has 0 bridgehead atoms. The van der Waals surface area contributed by atoms with Crippen molar-refractivity contribution in [1.82, 2.24) is 0 Å². The average molecular weight is 396 g/mol. The lowest BCUT2D eigenvalue weighted by Crippen LogP contribution is -2.28. The van der Waals surface area contributed by atoms with Crippen molar-refractivity contribution in [3.63, 3.8) is 0 Å². The van der Waals surface area contributed by atoms with Crippen LogP contribution >= 0.6 is 12.4 Å². The smallest absolute Gasteiger partial charge is 0.259 e. The number of furan rings is 1. The van der Waals surface area contributed by atoms with Crippen LogP contribution in [0.4, 0.5) is 15.8 Å². The molecule has 1 saturated carbocycles. The molecule has 1 aliphatic rings. The van der Waals surface area contributed by atoms with Crippen molar-refractivity contribution in [1.29, 1.82) is 0 Å². The van der Waals surface area contributed by atoms with Gasteiger partial charge in [0.05, 0.1) is 17.5 Å². The molecule has 2 amide bonds. The summed E-state index contributed by atoms with van der Waals surface area (Å²) in [5.41, 5.74) is 6.73. The van der Waals surface area contributed by atoms with E-state index in [0.29, 0.717) is 23.4 Å². The number of halogens is 2. The van der Waals surface area contributed by atoms with Crippen molar-refractivity contribution >= 4 is 35.6 Å². The summed E-state index contributed by atoms with van der Waals surface area (Å²) in [5.74, 6) is -0.605. The highest BCUT2D eigenvalue weighted by atomic mass is 35.5. The van der Waals surface area contributed by atoms with E-state index in [0.717, 1.165) is 19.3 Å². The Kier molecular flexibility index (Phi) is 6.98. The van der Waals surface area contributed by atoms with Gasteiger partial charge in [0.1, 0.15) is 11.6 Å². The van der Waals surface area contributed by atoms with E-state index < -0.39 is 11.7 Å². The first-order valence-corrected chi connectivity index (χ1v) is 8.64. The maximum Gasteiger partial charge on any atom is 0.259 e. The number of amides is 2. The highest BCUT2D eigenvalue weighted by Crippen LogP contribution is 2.27. The van der Waals surface area contributed by atoms with Crippen molar-refractivity contribution in [2.45, 2.75) is 38.6 Å². The van der Waals surface area contributed by atoms with E-state index in [1.807, 2.05) is 0 Å². The summed E-state index contributed by atoms with van der Waals surface area (Å²) in [6.07, 6.45) is 4.67. The lowest BCUT2D eigenvalue weighted by atomic mass is 10.00. The summed E-state index contributed by atoms with van der Waals surface area (Å²) in [5, 5.41) is 5.25. The van der Waals surface area contributed by atoms with Crippen molar-refractivity contribution in [2.75, 3.05) is 10.6 Å². The number of nitrogens with two attached hydrogens (primary N) is 1. The molecule has 0 saturated heterocycles. The molecule has 0 unspecified atom stereocenters. The minimum absolute atomic E-state index is 0. The third-order valence-corrected chi connectivity index (χ3v) is 4.77. The monoisotopic (exact) mass is 395 g/mol. The molecule has 6 nitrogen and oxygen atoms in total. The van der Waals surface area contributed by atoms with Gasteiger partial charge in [-0.3, -0.25) is 9.59 Å². The van der Waals surface area contributed by atoms with Gasteiger partial charge in [-0.05, 0) is 49.9 Å². The van der Waals surface area contributed by atoms with Gasteiger partial charge < -0.3 is 20.8 Å². The van der Waals surface area contributed by atoms with Gasteiger partial charge in [-0.1, -0.05) is 6.42 Å². The molecule has 3 rings (SSSR count). The first-order valence-electron chi connectivity index (χ1n) is 8.64. The molecule has 1 aromatic heterocycles. The summed E-state index contributed by atoms with van der Waals surface area (Å²) in [6, 6.07) is 5.63. The molecule has 2 aromatic rings. The summed E-state index contributed by atoms with van der Waals surface area (Å²) >= 11 is 0. The molecule has 1 aliphatic carbocycles. The van der Waals surface area contributed by atoms with E-state index in [-0.39, 0.29) is 36.0 Å². The number of carbonyl (C=O) groups is 2. The predicted molar refractivity (Wildman–Crippen MR) is 104 cm³/mol. The van der Waals surface area contributed by atoms with Gasteiger partial charge in [0.2, 0.25) is 5.91 Å². The molecule has 1 fully saturated rings. The summed E-state index contributed by atoms with van der Waals surface area (Å²) < 4.78 is 19.1. The minimum atomic E-state index is -0.588. The number of benzene rings is 1. The fraction of sp³-hybridized carbons (Fsp3) is 0.368. The van der Waals surface area contributed by atoms with Crippen LogP contribution in [-0.4, -0.2) is 17.9 Å². The minimum Gasteiger partial charge on any atom is -0.469 e. The normalized spacial score (nSPS) is 18.6. The third kappa shape index (κ3) is 5.08. The fourth-order valence-electron chi connectivity index (χ4n) is 3.28. The maximum absolute atomic E-state index is 14.0. The van der Waals surface area contributed by atoms with Crippen LogP contribution in [0.1, 0.15) is 41.8 Å². The Balaban J connectivity index is 0.00000261. The van der Waals surface area contributed by atoms with E-state index in [1.54, 1.807) is 6.92 Å². The van der Waals surface area contributed by atoms with Crippen LogP contribution in [0.5, 0.6) is 0 Å². The second-order valence-corrected chi connectivity index (χ2v) is 6.65. The fourth-order valence-corrected chi connectivity index (χ4v) is 3.28. The lowest BCUT2D eigenvalue weighted by Gasteiger charge is -2.15. The average Bonchev–Trinajstić information content (AvgIpc) is 3.19. The van der Waals surface area contributed by atoms with Crippen LogP contribution in [0.25, 0.3) is 0 Å². The van der Waals surface area contributed by atoms with Crippen LogP contribution in [0.2, 0.25) is 0 Å². The van der Waals surface area contributed by atoms with E-state index in [9.17, 15) is 14.0 Å². The number of nitrogens with one attached hydrogen (secondary N) is 2. The molecule has 2 atom stereocenters. The molecule has 8 heteroatoms. The van der Waals surface area contributed by atoms with Crippen LogP contribution in [0.3, 0.4) is 0 Å². The van der Waals surface area contributed by atoms with Gasteiger partial charge in [0, 0.05) is 18.2 Å². The van der Waals surface area contributed by atoms with Crippen LogP contribution in [0, 0.1) is 18.7 Å². The van der Waals surface area contributed by atoms with Crippen LogP contribution in [0.15, 0.2) is 34.9 Å². The molecule has 0 spiro atoms. The number of anilines is 2. The first kappa shape index (κ1) is 20.9. The molecule has 27 heavy (non-hydrogen) atoms. The highest BCUT2D eigenvalue weighted by molar-refractivity contribution is 6.05. The van der Waals surface area contributed by atoms with Gasteiger partial charge in [0.25, 0.3) is 5.91 Å². The molecular weight excluding hydrogens is 373 g/mol. The van der Waals surface area contributed by atoms with E-state index in [4.69, 9.17) is 10.2 Å². The molecule has 0 aliphatic heterocycles. The Morgan fingerprint density at radius 1 is 1.26 bits per heavy atom. The largest absolute Gasteiger partial charge is 0.469 e. The van der Waals surface area contributed by atoms with Gasteiger partial charge >= 0.3 is 0 Å². The topological polar surface area (TPSA) is 97.4 Å². The molecular formula is C19H23ClFN3O3. The lowest BCUT2D eigenvalue weighted by molar-refractivity contribution is -0.117. The van der Waals surface area contributed by atoms with Crippen molar-refractivity contribution in [2.24, 2.45) is 11.7 Å². The Hall–Kier alpha value is -2.38. The molecule has 1 heterocycles. The third-order valence-electron chi connectivity index (χ3n) is 4.77. The Morgan fingerprint density at radius 2 is 2.04 bits per heavy atom. The zero-order valence-electron chi connectivity index (χ0n) is 15.0. The van der Waals surface area contributed by atoms with Gasteiger partial charge in [-0.25, -0.2) is 4.39 Å². The number of carbonyl (C=O) groups excluding carboxylic acids is 2. The van der Waals surface area contributed by atoms with Crippen molar-refractivity contribution in [3.05, 3.63) is 47.7 Å². The summed E-state index contributed by atoms with van der Waals surface area (Å²) in [4.78, 5) is 24.4. The quantitative estimate of drug-likeness (QED) is 0.716. The second-order valence-electron chi connectivity index (χ2n) is 6.65. The Bertz CT molecular complexity index is 824. The standard InChI is InChI=1S/C19H22FN3O3.ClH/c1-11-14(7-8-26-11)19(25)23-17-10-13(5-6-15(17)20)22-18(24)9-12-3-2-4-16(12)21;/h5-8,10,12,16H,2-4,9,21H2,1H3,(H,22,24)(H,23,25);1H/t12-,16+;/m0./s1. The SMILES string of the molecule is Cc1occc1C(=O)Nc1cc(NC(=O)C[C@@H]2CCC[C@H]2N)ccc1F.Cl. The Labute approximate surface area is 163 Å². The summed E-state index contributed by atoms with van der Waals surface area (Å²) in [6.45, 7) is 1.65. The summed E-state index contributed by atoms with van der Waals surface area (Å²) in [7, 11) is 0. The Morgan fingerprint density at radius 3 is 2.67 bits per heavy atom. The van der Waals surface area contributed by atoms with Gasteiger partial charge in [-0.2, -0.15) is 0 Å². The number of rotatable bonds is 5. The molecule has 0 radical (unpaired) electrons. The van der Waals surface area contributed by atoms with Gasteiger partial charge in [0.15, 0.2) is 0 Å². The number of hydrogen-bond donors (Lipinski definition) is 3. The second kappa shape index (κ2) is 9.01. The zero-order chi connectivity index (χ0) is 18.7. The molecule has 146 valence electrons. The highest BCUT2D eigenvalue weighted by Gasteiger charge is 2.26. The van der Waals surface area contributed by atoms with Crippen LogP contribution < -0.4 is 16.4 Å². The maximum atomic E-state index is 14.0.